The maximum absolute atomic E-state index is 12.8. The van der Waals surface area contributed by atoms with Crippen LogP contribution in [-0.2, 0) is 14.8 Å². The largest absolute Gasteiger partial charge is 0.473 e. The van der Waals surface area contributed by atoms with E-state index in [4.69, 9.17) is 10.5 Å². The summed E-state index contributed by atoms with van der Waals surface area (Å²) in [7, 11) is -0.488. The minimum atomic E-state index is -3.75. The molecule has 0 spiro atoms. The molecule has 8 nitrogen and oxygen atoms in total. The first kappa shape index (κ1) is 22.0. The molecule has 2 N–H and O–H groups in total. The van der Waals surface area contributed by atoms with Crippen LogP contribution in [0.2, 0.25) is 0 Å². The summed E-state index contributed by atoms with van der Waals surface area (Å²) < 4.78 is 44.7. The number of rotatable bonds is 8. The molecule has 28 heavy (non-hydrogen) atoms. The standard InChI is InChI=1S/C18H25FN4O4S/c1-13(18(24)22(2)3)15-6-7-23(11-15)28(25,26)16-4-5-17(21-10-16)27-12-14(8-19)9-20/h4-5,8,10,15H,1,6-7,9,11-12,20H2,2-3H3/b14-8+/t15-/m0/s1. The second-order valence-electron chi connectivity index (χ2n) is 6.67. The third kappa shape index (κ3) is 4.94. The van der Waals surface area contributed by atoms with Crippen molar-refractivity contribution >= 4 is 15.9 Å². The van der Waals surface area contributed by atoms with Gasteiger partial charge in [-0.2, -0.15) is 4.31 Å². The molecule has 1 aliphatic rings. The van der Waals surface area contributed by atoms with Crippen LogP contribution in [0.3, 0.4) is 0 Å². The number of sulfonamides is 1. The minimum absolute atomic E-state index is 0.0146. The van der Waals surface area contributed by atoms with Gasteiger partial charge >= 0.3 is 0 Å². The zero-order valence-electron chi connectivity index (χ0n) is 16.0. The van der Waals surface area contributed by atoms with Crippen LogP contribution in [0.5, 0.6) is 5.88 Å². The quantitative estimate of drug-likeness (QED) is 0.637. The van der Waals surface area contributed by atoms with E-state index in [1.54, 1.807) is 14.1 Å². The fourth-order valence-corrected chi connectivity index (χ4v) is 4.19. The predicted molar refractivity (Wildman–Crippen MR) is 103 cm³/mol. The van der Waals surface area contributed by atoms with Gasteiger partial charge in [0.15, 0.2) is 0 Å². The fraction of sp³-hybridized carbons (Fsp3) is 0.444. The summed E-state index contributed by atoms with van der Waals surface area (Å²) in [6, 6.07) is 2.79. The number of aromatic nitrogens is 1. The normalized spacial score (nSPS) is 18.1. The van der Waals surface area contributed by atoms with Crippen molar-refractivity contribution in [1.29, 1.82) is 0 Å². The van der Waals surface area contributed by atoms with Gasteiger partial charge in [-0.15, -0.1) is 0 Å². The van der Waals surface area contributed by atoms with Gasteiger partial charge in [0.25, 0.3) is 0 Å². The number of nitrogens with zero attached hydrogens (tertiary/aromatic N) is 3. The van der Waals surface area contributed by atoms with Crippen molar-refractivity contribution in [2.24, 2.45) is 11.7 Å². The molecule has 0 unspecified atom stereocenters. The van der Waals surface area contributed by atoms with Crippen molar-refractivity contribution in [1.82, 2.24) is 14.2 Å². The second-order valence-corrected chi connectivity index (χ2v) is 8.60. The Morgan fingerprint density at radius 1 is 1.50 bits per heavy atom. The SMILES string of the molecule is C=C(C(=O)N(C)C)[C@H]1CCN(S(=O)(=O)c2ccc(OC/C(=C/F)CN)nc2)C1. The highest BCUT2D eigenvalue weighted by Crippen LogP contribution is 2.29. The number of carbonyl (C=O) groups is 1. The van der Waals surface area contributed by atoms with Gasteiger partial charge in [-0.05, 0) is 12.5 Å². The number of nitrogens with two attached hydrogens (primary N) is 1. The summed E-state index contributed by atoms with van der Waals surface area (Å²) >= 11 is 0. The number of carbonyl (C=O) groups excluding carboxylic acids is 1. The van der Waals surface area contributed by atoms with Crippen LogP contribution >= 0.6 is 0 Å². The number of halogens is 1. The van der Waals surface area contributed by atoms with Crippen molar-refractivity contribution in [3.63, 3.8) is 0 Å². The molecular weight excluding hydrogens is 387 g/mol. The van der Waals surface area contributed by atoms with E-state index in [0.29, 0.717) is 24.9 Å². The maximum Gasteiger partial charge on any atom is 0.248 e. The molecule has 10 heteroatoms. The average molecular weight is 412 g/mol. The molecule has 1 amide bonds. The Balaban J connectivity index is 2.05. The lowest BCUT2D eigenvalue weighted by molar-refractivity contribution is -0.125. The molecule has 0 bridgehead atoms. The lowest BCUT2D eigenvalue weighted by Crippen LogP contribution is -2.31. The van der Waals surface area contributed by atoms with Crippen LogP contribution in [-0.4, -0.2) is 68.9 Å². The molecule has 1 aromatic heterocycles. The number of hydrogen-bond acceptors (Lipinski definition) is 6. The van der Waals surface area contributed by atoms with Crippen LogP contribution < -0.4 is 10.5 Å². The highest BCUT2D eigenvalue weighted by molar-refractivity contribution is 7.89. The van der Waals surface area contributed by atoms with Gasteiger partial charge < -0.3 is 15.4 Å². The number of hydrogen-bond donors (Lipinski definition) is 1. The third-order valence-electron chi connectivity index (χ3n) is 4.49. The summed E-state index contributed by atoms with van der Waals surface area (Å²) in [4.78, 5) is 17.5. The van der Waals surface area contributed by atoms with E-state index in [1.165, 1.54) is 27.5 Å². The molecule has 2 heterocycles. The van der Waals surface area contributed by atoms with E-state index in [1.807, 2.05) is 0 Å². The van der Waals surface area contributed by atoms with Gasteiger partial charge in [0.1, 0.15) is 11.5 Å². The van der Waals surface area contributed by atoms with E-state index in [-0.39, 0.29) is 47.9 Å². The molecule has 1 saturated heterocycles. The Labute approximate surface area is 164 Å². The highest BCUT2D eigenvalue weighted by atomic mass is 32.2. The van der Waals surface area contributed by atoms with Crippen molar-refractivity contribution in [2.45, 2.75) is 11.3 Å². The van der Waals surface area contributed by atoms with E-state index in [2.05, 4.69) is 11.6 Å². The topological polar surface area (TPSA) is 106 Å². The van der Waals surface area contributed by atoms with Gasteiger partial charge in [-0.1, -0.05) is 6.58 Å². The van der Waals surface area contributed by atoms with Crippen LogP contribution in [0.4, 0.5) is 4.39 Å². The molecule has 154 valence electrons. The van der Waals surface area contributed by atoms with E-state index < -0.39 is 10.0 Å². The van der Waals surface area contributed by atoms with E-state index in [0.717, 1.165) is 0 Å². The summed E-state index contributed by atoms with van der Waals surface area (Å²) in [5.74, 6) is -0.259. The lowest BCUT2D eigenvalue weighted by Gasteiger charge is -2.19. The van der Waals surface area contributed by atoms with Crippen molar-refractivity contribution < 1.29 is 22.3 Å². The zero-order valence-corrected chi connectivity index (χ0v) is 16.8. The Kier molecular flexibility index (Phi) is 7.28. The van der Waals surface area contributed by atoms with Crippen molar-refractivity contribution in [3.05, 3.63) is 42.4 Å². The Bertz CT molecular complexity index is 853. The first-order chi connectivity index (χ1) is 13.2. The number of likely N-dealkylation sites (N-methyl/N-ethyl adjacent to an activating group) is 1. The van der Waals surface area contributed by atoms with Crippen LogP contribution in [0, 0.1) is 5.92 Å². The minimum Gasteiger partial charge on any atom is -0.473 e. The summed E-state index contributed by atoms with van der Waals surface area (Å²) in [6.07, 6.45) is 2.10. The number of ether oxygens (including phenoxy) is 1. The van der Waals surface area contributed by atoms with Crippen LogP contribution in [0.1, 0.15) is 6.42 Å². The predicted octanol–water partition coefficient (Wildman–Crippen LogP) is 0.928. The smallest absolute Gasteiger partial charge is 0.248 e. The summed E-state index contributed by atoms with van der Waals surface area (Å²) in [5.41, 5.74) is 6.00. The molecule has 1 aromatic rings. The summed E-state index contributed by atoms with van der Waals surface area (Å²) in [6.45, 7) is 4.27. The van der Waals surface area contributed by atoms with E-state index >= 15 is 0 Å². The molecule has 2 rings (SSSR count). The highest BCUT2D eigenvalue weighted by Gasteiger charge is 2.35. The van der Waals surface area contributed by atoms with Crippen molar-refractivity contribution in [3.8, 4) is 5.88 Å². The second kappa shape index (κ2) is 9.26. The number of amides is 1. The van der Waals surface area contributed by atoms with Gasteiger partial charge in [0.05, 0.1) is 12.5 Å². The molecule has 0 saturated carbocycles. The molecule has 0 aromatic carbocycles. The van der Waals surface area contributed by atoms with Gasteiger partial charge in [-0.3, -0.25) is 4.79 Å². The third-order valence-corrected chi connectivity index (χ3v) is 6.34. The fourth-order valence-electron chi connectivity index (χ4n) is 2.75. The Morgan fingerprint density at radius 2 is 2.21 bits per heavy atom. The zero-order chi connectivity index (χ0) is 20.9. The molecule has 1 fully saturated rings. The van der Waals surface area contributed by atoms with E-state index in [9.17, 15) is 17.6 Å². The van der Waals surface area contributed by atoms with Crippen molar-refractivity contribution in [2.75, 3.05) is 40.3 Å². The Morgan fingerprint density at radius 3 is 2.75 bits per heavy atom. The van der Waals surface area contributed by atoms with Crippen LogP contribution in [0.25, 0.3) is 0 Å². The molecule has 1 aliphatic heterocycles. The first-order valence-electron chi connectivity index (χ1n) is 8.68. The molecule has 0 radical (unpaired) electrons. The van der Waals surface area contributed by atoms with Gasteiger partial charge in [-0.25, -0.2) is 17.8 Å². The number of pyridine rings is 1. The van der Waals surface area contributed by atoms with Crippen LogP contribution in [0.15, 0.2) is 47.3 Å². The lowest BCUT2D eigenvalue weighted by atomic mass is 9.99. The monoisotopic (exact) mass is 412 g/mol. The molecule has 0 aliphatic carbocycles. The van der Waals surface area contributed by atoms with Gasteiger partial charge in [0.2, 0.25) is 21.8 Å². The van der Waals surface area contributed by atoms with Gasteiger partial charge in [0, 0.05) is 56.9 Å². The molecular formula is C18H25FN4O4S. The molecule has 1 atom stereocenters. The Hall–Kier alpha value is -2.30. The first-order valence-corrected chi connectivity index (χ1v) is 10.1. The maximum atomic E-state index is 12.8. The summed E-state index contributed by atoms with van der Waals surface area (Å²) in [5, 5.41) is 0. The average Bonchev–Trinajstić information content (AvgIpc) is 3.19.